The van der Waals surface area contributed by atoms with E-state index in [2.05, 4.69) is 10.6 Å². The minimum Gasteiger partial charge on any atom is -0.350 e. The summed E-state index contributed by atoms with van der Waals surface area (Å²) in [4.78, 5) is 25.4. The summed E-state index contributed by atoms with van der Waals surface area (Å²) in [6.07, 6.45) is 1.87. The Morgan fingerprint density at radius 2 is 1.68 bits per heavy atom. The number of aromatic nitrogens is 1. The van der Waals surface area contributed by atoms with Gasteiger partial charge in [-0.05, 0) is 30.3 Å². The summed E-state index contributed by atoms with van der Waals surface area (Å²) in [5.74, 6) is -3.04. The molecule has 174 valence electrons. The minimum absolute atomic E-state index is 0.0142. The number of halogens is 3. The second-order valence-electron chi connectivity index (χ2n) is 7.40. The van der Waals surface area contributed by atoms with Gasteiger partial charge in [-0.3, -0.25) is 9.59 Å². The van der Waals surface area contributed by atoms with E-state index in [1.807, 2.05) is 35.0 Å². The zero-order chi connectivity index (χ0) is 24.1. The highest BCUT2D eigenvalue weighted by molar-refractivity contribution is 8.00. The Morgan fingerprint density at radius 1 is 0.912 bits per heavy atom. The lowest BCUT2D eigenvalue weighted by molar-refractivity contribution is -0.113. The van der Waals surface area contributed by atoms with Crippen LogP contribution < -0.4 is 10.6 Å². The normalized spacial score (nSPS) is 10.9. The van der Waals surface area contributed by atoms with Gasteiger partial charge >= 0.3 is 0 Å². The number of rotatable bonds is 8. The average molecular weight is 484 g/mol. The molecule has 5 nitrogen and oxygen atoms in total. The molecule has 0 unspecified atom stereocenters. The lowest BCUT2D eigenvalue weighted by Gasteiger charge is -2.08. The number of nitrogens with zero attached hydrogens (tertiary/aromatic N) is 1. The molecular formula is C25H20F3N3O2S. The molecule has 4 rings (SSSR count). The Kier molecular flexibility index (Phi) is 7.22. The quantitative estimate of drug-likeness (QED) is 0.338. The molecule has 34 heavy (non-hydrogen) atoms. The first-order valence-corrected chi connectivity index (χ1v) is 11.4. The summed E-state index contributed by atoms with van der Waals surface area (Å²) in [6, 6.07) is 16.3. The third-order valence-corrected chi connectivity index (χ3v) is 6.12. The molecule has 2 amide bonds. The number of benzene rings is 3. The van der Waals surface area contributed by atoms with E-state index < -0.39 is 29.3 Å². The summed E-state index contributed by atoms with van der Waals surface area (Å²) < 4.78 is 42.6. The van der Waals surface area contributed by atoms with Crippen LogP contribution in [-0.4, -0.2) is 28.7 Å². The van der Waals surface area contributed by atoms with Gasteiger partial charge in [0.1, 0.15) is 17.5 Å². The first kappa shape index (κ1) is 23.4. The molecule has 0 spiro atoms. The van der Waals surface area contributed by atoms with Crippen molar-refractivity contribution in [1.82, 2.24) is 9.88 Å². The molecule has 0 saturated carbocycles. The van der Waals surface area contributed by atoms with Crippen molar-refractivity contribution in [2.24, 2.45) is 0 Å². The number of thioether (sulfide) groups is 1. The van der Waals surface area contributed by atoms with Crippen LogP contribution in [0.5, 0.6) is 0 Å². The third-order valence-electron chi connectivity index (χ3n) is 5.07. The number of hydrogen-bond acceptors (Lipinski definition) is 3. The van der Waals surface area contributed by atoms with Gasteiger partial charge in [0.05, 0.1) is 17.0 Å². The summed E-state index contributed by atoms with van der Waals surface area (Å²) in [6.45, 7) is 0.717. The van der Waals surface area contributed by atoms with Crippen LogP contribution in [0.1, 0.15) is 10.4 Å². The lowest BCUT2D eigenvalue weighted by Crippen LogP contribution is -2.27. The Hall–Kier alpha value is -3.72. The fourth-order valence-electron chi connectivity index (χ4n) is 3.46. The van der Waals surface area contributed by atoms with E-state index >= 15 is 0 Å². The molecule has 0 bridgehead atoms. The molecule has 1 aromatic heterocycles. The van der Waals surface area contributed by atoms with E-state index in [0.717, 1.165) is 21.9 Å². The maximum absolute atomic E-state index is 13.8. The van der Waals surface area contributed by atoms with Crippen molar-refractivity contribution in [3.05, 3.63) is 95.9 Å². The van der Waals surface area contributed by atoms with Crippen LogP contribution in [0.3, 0.4) is 0 Å². The number of anilines is 1. The lowest BCUT2D eigenvalue weighted by atomic mass is 10.2. The van der Waals surface area contributed by atoms with Crippen molar-refractivity contribution >= 4 is 40.2 Å². The Labute approximate surface area is 198 Å². The van der Waals surface area contributed by atoms with Crippen molar-refractivity contribution in [3.63, 3.8) is 0 Å². The molecule has 4 aromatic rings. The summed E-state index contributed by atoms with van der Waals surface area (Å²) in [5.41, 5.74) is 0.815. The van der Waals surface area contributed by atoms with E-state index in [1.165, 1.54) is 36.0 Å². The van der Waals surface area contributed by atoms with Crippen LogP contribution in [0.2, 0.25) is 0 Å². The third kappa shape index (κ3) is 5.43. The van der Waals surface area contributed by atoms with Gasteiger partial charge in [-0.2, -0.15) is 0 Å². The number of fused-ring (bicyclic) bond motifs is 1. The summed E-state index contributed by atoms with van der Waals surface area (Å²) in [5, 5.41) is 6.08. The van der Waals surface area contributed by atoms with Gasteiger partial charge in [-0.1, -0.05) is 30.3 Å². The average Bonchev–Trinajstić information content (AvgIpc) is 3.17. The molecule has 2 N–H and O–H groups in total. The van der Waals surface area contributed by atoms with E-state index in [0.29, 0.717) is 12.6 Å². The number of nitrogens with one attached hydrogen (secondary N) is 2. The van der Waals surface area contributed by atoms with Crippen molar-refractivity contribution in [1.29, 1.82) is 0 Å². The predicted molar refractivity (Wildman–Crippen MR) is 126 cm³/mol. The van der Waals surface area contributed by atoms with Gasteiger partial charge in [-0.15, -0.1) is 11.8 Å². The highest BCUT2D eigenvalue weighted by Crippen LogP contribution is 2.30. The van der Waals surface area contributed by atoms with Gasteiger partial charge in [0.2, 0.25) is 5.91 Å². The zero-order valence-electron chi connectivity index (χ0n) is 17.9. The van der Waals surface area contributed by atoms with Crippen LogP contribution in [0, 0.1) is 17.5 Å². The minimum atomic E-state index is -0.840. The SMILES string of the molecule is O=C(CSc1cn(CCNC(=O)c2ccccc2F)c2ccccc12)Nc1ccc(F)cc1F. The van der Waals surface area contributed by atoms with E-state index in [4.69, 9.17) is 0 Å². The van der Waals surface area contributed by atoms with Gasteiger partial charge < -0.3 is 15.2 Å². The predicted octanol–water partition coefficient (Wildman–Crippen LogP) is 5.22. The number of carbonyl (C=O) groups is 2. The van der Waals surface area contributed by atoms with Crippen molar-refractivity contribution in [2.45, 2.75) is 11.4 Å². The van der Waals surface area contributed by atoms with Crippen molar-refractivity contribution in [3.8, 4) is 0 Å². The Balaban J connectivity index is 1.40. The standard InChI is InChI=1S/C25H20F3N3O2S/c26-16-9-10-21(20(28)13-16)30-24(32)15-34-23-14-31(22-8-4-2-6-18(22)23)12-11-29-25(33)17-5-1-3-7-19(17)27/h1-10,13-14H,11-12,15H2,(H,29,33)(H,30,32). The summed E-state index contributed by atoms with van der Waals surface area (Å²) >= 11 is 1.28. The van der Waals surface area contributed by atoms with Crippen LogP contribution in [0.4, 0.5) is 18.9 Å². The molecule has 0 fully saturated rings. The van der Waals surface area contributed by atoms with E-state index in [9.17, 15) is 22.8 Å². The first-order valence-electron chi connectivity index (χ1n) is 10.4. The molecule has 0 aliphatic carbocycles. The fraction of sp³-hybridized carbons (Fsp3) is 0.120. The van der Waals surface area contributed by atoms with E-state index in [1.54, 1.807) is 6.07 Å². The zero-order valence-corrected chi connectivity index (χ0v) is 18.7. The molecule has 0 saturated heterocycles. The molecule has 1 heterocycles. The van der Waals surface area contributed by atoms with Crippen LogP contribution in [-0.2, 0) is 11.3 Å². The maximum Gasteiger partial charge on any atom is 0.254 e. The molecule has 0 atom stereocenters. The molecule has 0 radical (unpaired) electrons. The number of amides is 2. The topological polar surface area (TPSA) is 63.1 Å². The number of carbonyl (C=O) groups excluding carboxylic acids is 2. The molecule has 0 aliphatic rings. The smallest absolute Gasteiger partial charge is 0.254 e. The van der Waals surface area contributed by atoms with Gasteiger partial charge in [0, 0.05) is 41.2 Å². The van der Waals surface area contributed by atoms with Gasteiger partial charge in [0.15, 0.2) is 0 Å². The fourth-order valence-corrected chi connectivity index (χ4v) is 4.35. The van der Waals surface area contributed by atoms with Crippen LogP contribution in [0.15, 0.2) is 77.8 Å². The second-order valence-corrected chi connectivity index (χ2v) is 8.42. The van der Waals surface area contributed by atoms with Gasteiger partial charge in [0.25, 0.3) is 5.91 Å². The number of para-hydroxylation sites is 1. The largest absolute Gasteiger partial charge is 0.350 e. The highest BCUT2D eigenvalue weighted by atomic mass is 32.2. The first-order chi connectivity index (χ1) is 16.4. The maximum atomic E-state index is 13.8. The molecule has 0 aliphatic heterocycles. The monoisotopic (exact) mass is 483 g/mol. The molecule has 9 heteroatoms. The van der Waals surface area contributed by atoms with Crippen molar-refractivity contribution in [2.75, 3.05) is 17.6 Å². The number of hydrogen-bond donors (Lipinski definition) is 2. The Bertz CT molecular complexity index is 1360. The second kappa shape index (κ2) is 10.5. The van der Waals surface area contributed by atoms with Crippen molar-refractivity contribution < 1.29 is 22.8 Å². The van der Waals surface area contributed by atoms with Crippen LogP contribution >= 0.6 is 11.8 Å². The molecular weight excluding hydrogens is 463 g/mol. The van der Waals surface area contributed by atoms with E-state index in [-0.39, 0.29) is 23.5 Å². The van der Waals surface area contributed by atoms with Crippen LogP contribution in [0.25, 0.3) is 10.9 Å². The molecule has 3 aromatic carbocycles. The highest BCUT2D eigenvalue weighted by Gasteiger charge is 2.14. The Morgan fingerprint density at radius 3 is 2.47 bits per heavy atom. The van der Waals surface area contributed by atoms with Gasteiger partial charge in [-0.25, -0.2) is 13.2 Å². The summed E-state index contributed by atoms with van der Waals surface area (Å²) in [7, 11) is 0.